The third kappa shape index (κ3) is 4.41. The Kier molecular flexibility index (Phi) is 5.72. The van der Waals surface area contributed by atoms with Gasteiger partial charge < -0.3 is 5.32 Å². The van der Waals surface area contributed by atoms with Crippen molar-refractivity contribution in [2.75, 3.05) is 0 Å². The molecule has 9 heteroatoms. The highest BCUT2D eigenvalue weighted by Crippen LogP contribution is 2.14. The molecule has 0 spiro atoms. The Morgan fingerprint density at radius 1 is 1.36 bits per heavy atom. The number of nitrogens with zero attached hydrogens (tertiary/aromatic N) is 4. The van der Waals surface area contributed by atoms with Gasteiger partial charge in [0, 0.05) is 30.8 Å². The molecule has 1 aliphatic rings. The summed E-state index contributed by atoms with van der Waals surface area (Å²) in [5, 5.41) is 14.7. The number of nitrogens with one attached hydrogen (secondary N) is 1. The van der Waals surface area contributed by atoms with Crippen molar-refractivity contribution in [2.45, 2.75) is 58.2 Å². The lowest BCUT2D eigenvalue weighted by molar-refractivity contribution is -0.121. The lowest BCUT2D eigenvalue weighted by Gasteiger charge is -2.15. The van der Waals surface area contributed by atoms with Crippen molar-refractivity contribution in [3.8, 4) is 0 Å². The van der Waals surface area contributed by atoms with Gasteiger partial charge in [-0.15, -0.1) is 11.3 Å². The van der Waals surface area contributed by atoms with Crippen molar-refractivity contribution in [1.29, 1.82) is 0 Å². The maximum atomic E-state index is 12.7. The van der Waals surface area contributed by atoms with Gasteiger partial charge >= 0.3 is 5.69 Å². The number of aryl methyl sites for hydroxylation is 3. The number of carbonyl (C=O) groups is 1. The zero-order valence-electron chi connectivity index (χ0n) is 15.8. The van der Waals surface area contributed by atoms with E-state index in [1.165, 1.54) is 10.2 Å². The summed E-state index contributed by atoms with van der Waals surface area (Å²) in [6.07, 6.45) is 3.50. The van der Waals surface area contributed by atoms with E-state index in [0.29, 0.717) is 25.9 Å². The van der Waals surface area contributed by atoms with E-state index >= 15 is 0 Å². The summed E-state index contributed by atoms with van der Waals surface area (Å²) in [4.78, 5) is 29.4. The van der Waals surface area contributed by atoms with E-state index in [-0.39, 0.29) is 17.6 Å². The van der Waals surface area contributed by atoms with Gasteiger partial charge in [-0.1, -0.05) is 0 Å². The molecule has 1 unspecified atom stereocenters. The van der Waals surface area contributed by atoms with Gasteiger partial charge in [-0.3, -0.25) is 9.36 Å². The second-order valence-corrected chi connectivity index (χ2v) is 8.93. The fraction of sp³-hybridized carbons (Fsp3) is 0.474. The lowest BCUT2D eigenvalue weighted by atomic mass is 10.1. The van der Waals surface area contributed by atoms with Crippen molar-refractivity contribution < 1.29 is 4.79 Å². The number of rotatable bonds is 6. The summed E-state index contributed by atoms with van der Waals surface area (Å²) in [5.74, 6) is 0.874. The summed E-state index contributed by atoms with van der Waals surface area (Å²) in [6, 6.07) is 2.14. The first-order valence-electron chi connectivity index (χ1n) is 9.46. The van der Waals surface area contributed by atoms with Gasteiger partial charge in [0.1, 0.15) is 5.82 Å². The molecule has 4 rings (SSSR count). The molecule has 28 heavy (non-hydrogen) atoms. The number of hydrogen-bond acceptors (Lipinski definition) is 6. The van der Waals surface area contributed by atoms with Crippen LogP contribution in [-0.4, -0.2) is 31.3 Å². The predicted molar refractivity (Wildman–Crippen MR) is 110 cm³/mol. The molecule has 0 fully saturated rings. The minimum atomic E-state index is -0.0925. The highest BCUT2D eigenvalue weighted by molar-refractivity contribution is 7.09. The highest BCUT2D eigenvalue weighted by Gasteiger charge is 2.22. The first-order valence-corrected chi connectivity index (χ1v) is 11.3. The third-order valence-corrected chi connectivity index (χ3v) is 6.54. The number of amides is 1. The average Bonchev–Trinajstić information content (AvgIpc) is 3.36. The molecule has 1 N–H and O–H groups in total. The SMILES string of the molecule is Cc1nc(Cn2nc3n(c2=O)CCC(NC(=O)CCc2ccsc2)CC3)cs1. The van der Waals surface area contributed by atoms with Crippen LogP contribution in [0.1, 0.15) is 41.4 Å². The Hall–Kier alpha value is -2.26. The minimum Gasteiger partial charge on any atom is -0.353 e. The zero-order valence-corrected chi connectivity index (χ0v) is 17.4. The van der Waals surface area contributed by atoms with Gasteiger partial charge in [0.2, 0.25) is 5.91 Å². The number of thiophene rings is 1. The molecule has 0 aliphatic carbocycles. The van der Waals surface area contributed by atoms with Crippen molar-refractivity contribution in [1.82, 2.24) is 24.6 Å². The average molecular weight is 418 g/mol. The normalized spacial score (nSPS) is 16.5. The first kappa shape index (κ1) is 19.1. The minimum absolute atomic E-state index is 0.0760. The molecular formula is C19H23N5O2S2. The lowest BCUT2D eigenvalue weighted by Crippen LogP contribution is -2.36. The van der Waals surface area contributed by atoms with Crippen LogP contribution in [0, 0.1) is 6.92 Å². The molecule has 1 amide bonds. The zero-order chi connectivity index (χ0) is 19.5. The molecular weight excluding hydrogens is 394 g/mol. The van der Waals surface area contributed by atoms with Crippen molar-refractivity contribution in [3.63, 3.8) is 0 Å². The molecule has 3 aromatic rings. The second kappa shape index (κ2) is 8.40. The number of aromatic nitrogens is 4. The summed E-state index contributed by atoms with van der Waals surface area (Å²) in [6.45, 7) is 2.94. The van der Waals surface area contributed by atoms with E-state index in [0.717, 1.165) is 35.8 Å². The predicted octanol–water partition coefficient (Wildman–Crippen LogP) is 2.37. The Balaban J connectivity index is 1.34. The van der Waals surface area contributed by atoms with Crippen molar-refractivity contribution >= 4 is 28.6 Å². The fourth-order valence-corrected chi connectivity index (χ4v) is 4.81. The van der Waals surface area contributed by atoms with Crippen molar-refractivity contribution in [2.24, 2.45) is 0 Å². The van der Waals surface area contributed by atoms with Crippen LogP contribution in [0.3, 0.4) is 0 Å². The van der Waals surface area contributed by atoms with E-state index in [9.17, 15) is 9.59 Å². The quantitative estimate of drug-likeness (QED) is 0.668. The molecule has 7 nitrogen and oxygen atoms in total. The summed E-state index contributed by atoms with van der Waals surface area (Å²) in [5.41, 5.74) is 1.98. The highest BCUT2D eigenvalue weighted by atomic mass is 32.1. The molecule has 0 aromatic carbocycles. The molecule has 0 saturated heterocycles. The summed E-state index contributed by atoms with van der Waals surface area (Å²) >= 11 is 3.23. The van der Waals surface area contributed by atoms with Crippen LogP contribution < -0.4 is 11.0 Å². The van der Waals surface area contributed by atoms with Gasteiger partial charge in [-0.05, 0) is 48.6 Å². The maximum absolute atomic E-state index is 12.7. The number of hydrogen-bond donors (Lipinski definition) is 1. The Morgan fingerprint density at radius 3 is 3.00 bits per heavy atom. The summed E-state index contributed by atoms with van der Waals surface area (Å²) in [7, 11) is 0. The Bertz CT molecular complexity index is 1000. The van der Waals surface area contributed by atoms with Gasteiger partial charge in [0.25, 0.3) is 0 Å². The van der Waals surface area contributed by atoms with Crippen molar-refractivity contribution in [3.05, 3.63) is 54.8 Å². The van der Waals surface area contributed by atoms with E-state index < -0.39 is 0 Å². The van der Waals surface area contributed by atoms with Gasteiger partial charge in [0.15, 0.2) is 0 Å². The van der Waals surface area contributed by atoms with E-state index in [1.54, 1.807) is 27.2 Å². The number of carbonyl (C=O) groups excluding carboxylic acids is 1. The van der Waals surface area contributed by atoms with E-state index in [2.05, 4.69) is 26.8 Å². The second-order valence-electron chi connectivity index (χ2n) is 7.09. The van der Waals surface area contributed by atoms with Gasteiger partial charge in [-0.25, -0.2) is 14.5 Å². The van der Waals surface area contributed by atoms with Crippen LogP contribution in [0.5, 0.6) is 0 Å². The van der Waals surface area contributed by atoms with E-state index in [1.807, 2.05) is 17.7 Å². The largest absolute Gasteiger partial charge is 0.353 e. The molecule has 1 aliphatic heterocycles. The molecule has 0 bridgehead atoms. The molecule has 3 aromatic heterocycles. The standard InChI is InChI=1S/C19H23N5O2S2/c1-13-20-16(12-28-13)10-24-19(26)23-8-6-15(3-4-17(23)22-24)21-18(25)5-2-14-7-9-27-11-14/h7,9,11-12,15H,2-6,8,10H2,1H3,(H,21,25). The van der Waals surface area contributed by atoms with Crippen LogP contribution in [0.15, 0.2) is 27.0 Å². The Labute approximate surface area is 171 Å². The van der Waals surface area contributed by atoms with Gasteiger partial charge in [-0.2, -0.15) is 16.4 Å². The number of fused-ring (bicyclic) bond motifs is 1. The van der Waals surface area contributed by atoms with Crippen LogP contribution in [-0.2, 0) is 30.7 Å². The van der Waals surface area contributed by atoms with Crippen LogP contribution in [0.25, 0.3) is 0 Å². The molecule has 0 radical (unpaired) electrons. The fourth-order valence-electron chi connectivity index (χ4n) is 3.50. The molecule has 1 atom stereocenters. The summed E-state index contributed by atoms with van der Waals surface area (Å²) < 4.78 is 3.25. The third-order valence-electron chi connectivity index (χ3n) is 4.98. The van der Waals surface area contributed by atoms with Crippen LogP contribution >= 0.6 is 22.7 Å². The van der Waals surface area contributed by atoms with Crippen LogP contribution in [0.2, 0.25) is 0 Å². The molecule has 0 saturated carbocycles. The molecule has 4 heterocycles. The number of thiazole rings is 1. The van der Waals surface area contributed by atoms with Gasteiger partial charge in [0.05, 0.1) is 17.2 Å². The topological polar surface area (TPSA) is 81.8 Å². The molecule has 148 valence electrons. The maximum Gasteiger partial charge on any atom is 0.346 e. The smallest absolute Gasteiger partial charge is 0.346 e. The Morgan fingerprint density at radius 2 is 2.25 bits per heavy atom. The monoisotopic (exact) mass is 417 g/mol. The van der Waals surface area contributed by atoms with Crippen LogP contribution in [0.4, 0.5) is 0 Å². The van der Waals surface area contributed by atoms with E-state index in [4.69, 9.17) is 0 Å². The first-order chi connectivity index (χ1) is 13.6.